The zero-order chi connectivity index (χ0) is 20.4. The van der Waals surface area contributed by atoms with Gasteiger partial charge in [-0.25, -0.2) is 0 Å². The average Bonchev–Trinajstić information content (AvgIpc) is 3.00. The molecule has 1 aromatic carbocycles. The standard InChI is InChI=1S/C20H29BrN6O.HI/c1-15-13-16(2)27(26-15)12-6-11-25-20(22-3)24-10-5-9-23-19(28)17-7-4-8-18(21)14-17;/h4,7-8,13-14H,5-6,9-12H2,1-3H3,(H,23,28)(H2,22,24,25);1H. The van der Waals surface area contributed by atoms with Gasteiger partial charge in [-0.15, -0.1) is 24.0 Å². The highest BCUT2D eigenvalue weighted by atomic mass is 127. The number of amides is 1. The molecule has 0 saturated carbocycles. The van der Waals surface area contributed by atoms with Crippen LogP contribution in [-0.2, 0) is 6.54 Å². The van der Waals surface area contributed by atoms with Crippen LogP contribution in [0.3, 0.4) is 0 Å². The van der Waals surface area contributed by atoms with Crippen LogP contribution in [-0.4, -0.2) is 48.3 Å². The van der Waals surface area contributed by atoms with E-state index in [0.29, 0.717) is 12.1 Å². The van der Waals surface area contributed by atoms with Crippen molar-refractivity contribution in [2.24, 2.45) is 4.99 Å². The number of aryl methyl sites for hydroxylation is 3. The maximum absolute atomic E-state index is 12.1. The number of aliphatic imine (C=N–C) groups is 1. The van der Waals surface area contributed by atoms with Crippen molar-refractivity contribution in [3.05, 3.63) is 51.8 Å². The van der Waals surface area contributed by atoms with Crippen LogP contribution in [0, 0.1) is 13.8 Å². The molecule has 2 aromatic rings. The SMILES string of the molecule is CN=C(NCCCNC(=O)c1cccc(Br)c1)NCCCn1nc(C)cc1C.I. The number of benzene rings is 1. The van der Waals surface area contributed by atoms with Gasteiger partial charge < -0.3 is 16.0 Å². The van der Waals surface area contributed by atoms with Crippen LogP contribution in [0.5, 0.6) is 0 Å². The molecule has 0 aliphatic rings. The lowest BCUT2D eigenvalue weighted by molar-refractivity contribution is 0.0953. The highest BCUT2D eigenvalue weighted by Crippen LogP contribution is 2.11. The van der Waals surface area contributed by atoms with Crippen LogP contribution < -0.4 is 16.0 Å². The fourth-order valence-corrected chi connectivity index (χ4v) is 3.19. The molecule has 160 valence electrons. The summed E-state index contributed by atoms with van der Waals surface area (Å²) in [5.74, 6) is 0.708. The molecule has 1 heterocycles. The van der Waals surface area contributed by atoms with Gasteiger partial charge in [-0.3, -0.25) is 14.5 Å². The van der Waals surface area contributed by atoms with E-state index in [0.717, 1.165) is 48.6 Å². The summed E-state index contributed by atoms with van der Waals surface area (Å²) in [6.45, 7) is 7.12. The van der Waals surface area contributed by atoms with Crippen molar-refractivity contribution >= 4 is 51.8 Å². The molecule has 3 N–H and O–H groups in total. The van der Waals surface area contributed by atoms with Crippen molar-refractivity contribution in [3.63, 3.8) is 0 Å². The molecule has 0 radical (unpaired) electrons. The predicted molar refractivity (Wildman–Crippen MR) is 132 cm³/mol. The lowest BCUT2D eigenvalue weighted by atomic mass is 10.2. The second-order valence-electron chi connectivity index (χ2n) is 6.55. The van der Waals surface area contributed by atoms with Gasteiger partial charge in [0.1, 0.15) is 0 Å². The maximum atomic E-state index is 12.1. The Hall–Kier alpha value is -1.62. The van der Waals surface area contributed by atoms with Gasteiger partial charge in [0.25, 0.3) is 5.91 Å². The van der Waals surface area contributed by atoms with Crippen LogP contribution in [0.1, 0.15) is 34.6 Å². The molecule has 29 heavy (non-hydrogen) atoms. The fourth-order valence-electron chi connectivity index (χ4n) is 2.79. The molecule has 7 nitrogen and oxygen atoms in total. The third-order valence-electron chi connectivity index (χ3n) is 4.18. The van der Waals surface area contributed by atoms with Crippen LogP contribution >= 0.6 is 39.9 Å². The maximum Gasteiger partial charge on any atom is 0.251 e. The summed E-state index contributed by atoms with van der Waals surface area (Å²) in [5, 5.41) is 14.0. The lowest BCUT2D eigenvalue weighted by Gasteiger charge is -2.12. The molecule has 0 saturated heterocycles. The molecule has 0 aliphatic carbocycles. The second kappa shape index (κ2) is 13.6. The van der Waals surface area contributed by atoms with E-state index < -0.39 is 0 Å². The topological polar surface area (TPSA) is 83.3 Å². The van der Waals surface area contributed by atoms with E-state index >= 15 is 0 Å². The quantitative estimate of drug-likeness (QED) is 0.185. The van der Waals surface area contributed by atoms with Crippen molar-refractivity contribution in [1.82, 2.24) is 25.7 Å². The number of carbonyl (C=O) groups is 1. The summed E-state index contributed by atoms with van der Waals surface area (Å²) in [4.78, 5) is 16.3. The largest absolute Gasteiger partial charge is 0.356 e. The van der Waals surface area contributed by atoms with Gasteiger partial charge in [0.05, 0.1) is 5.69 Å². The Morgan fingerprint density at radius 1 is 1.10 bits per heavy atom. The Kier molecular flexibility index (Phi) is 11.9. The van der Waals surface area contributed by atoms with Gasteiger partial charge in [-0.2, -0.15) is 5.10 Å². The van der Waals surface area contributed by atoms with E-state index in [1.54, 1.807) is 13.1 Å². The number of guanidine groups is 1. The van der Waals surface area contributed by atoms with Crippen molar-refractivity contribution in [1.29, 1.82) is 0 Å². The van der Waals surface area contributed by atoms with Gasteiger partial charge >= 0.3 is 0 Å². The Labute approximate surface area is 198 Å². The lowest BCUT2D eigenvalue weighted by Crippen LogP contribution is -2.39. The molecular formula is C20H30BrIN6O. The van der Waals surface area contributed by atoms with E-state index in [2.05, 4.69) is 55.0 Å². The fraction of sp³-hybridized carbons (Fsp3) is 0.450. The third kappa shape index (κ3) is 9.16. The first-order valence-corrected chi connectivity index (χ1v) is 10.3. The number of rotatable bonds is 9. The predicted octanol–water partition coefficient (Wildman–Crippen LogP) is 3.26. The first-order chi connectivity index (χ1) is 13.5. The van der Waals surface area contributed by atoms with Crippen molar-refractivity contribution < 1.29 is 4.79 Å². The molecule has 0 bridgehead atoms. The Bertz CT molecular complexity index is 808. The van der Waals surface area contributed by atoms with Crippen molar-refractivity contribution in [2.75, 3.05) is 26.7 Å². The van der Waals surface area contributed by atoms with E-state index in [9.17, 15) is 4.79 Å². The summed E-state index contributed by atoms with van der Waals surface area (Å²) >= 11 is 3.38. The molecule has 9 heteroatoms. The summed E-state index contributed by atoms with van der Waals surface area (Å²) in [6, 6.07) is 9.45. The molecule has 0 aliphatic heterocycles. The van der Waals surface area contributed by atoms with E-state index in [1.807, 2.05) is 29.8 Å². The summed E-state index contributed by atoms with van der Waals surface area (Å²) in [6.07, 6.45) is 1.78. The van der Waals surface area contributed by atoms with E-state index in [-0.39, 0.29) is 29.9 Å². The normalized spacial score (nSPS) is 11.0. The molecule has 0 atom stereocenters. The monoisotopic (exact) mass is 576 g/mol. The zero-order valence-corrected chi connectivity index (χ0v) is 21.1. The zero-order valence-electron chi connectivity index (χ0n) is 17.2. The average molecular weight is 577 g/mol. The van der Waals surface area contributed by atoms with E-state index in [1.165, 1.54) is 5.69 Å². The Morgan fingerprint density at radius 3 is 2.41 bits per heavy atom. The number of hydrogen-bond donors (Lipinski definition) is 3. The Balaban J connectivity index is 0.00000420. The van der Waals surface area contributed by atoms with Crippen LogP contribution in [0.15, 0.2) is 39.8 Å². The summed E-state index contributed by atoms with van der Waals surface area (Å²) in [5.41, 5.74) is 2.89. The van der Waals surface area contributed by atoms with Crippen molar-refractivity contribution in [2.45, 2.75) is 33.2 Å². The van der Waals surface area contributed by atoms with Gasteiger partial charge in [-0.05, 0) is 51.0 Å². The van der Waals surface area contributed by atoms with Gasteiger partial charge in [-0.1, -0.05) is 22.0 Å². The minimum absolute atomic E-state index is 0. The number of carbonyl (C=O) groups excluding carboxylic acids is 1. The van der Waals surface area contributed by atoms with Crippen LogP contribution in [0.4, 0.5) is 0 Å². The summed E-state index contributed by atoms with van der Waals surface area (Å²) in [7, 11) is 1.76. The highest BCUT2D eigenvalue weighted by Gasteiger charge is 2.05. The molecule has 2 rings (SSSR count). The van der Waals surface area contributed by atoms with E-state index in [4.69, 9.17) is 0 Å². The number of nitrogens with zero attached hydrogens (tertiary/aromatic N) is 3. The number of nitrogens with one attached hydrogen (secondary N) is 3. The second-order valence-corrected chi connectivity index (χ2v) is 7.47. The molecule has 1 amide bonds. The Morgan fingerprint density at radius 2 is 1.79 bits per heavy atom. The van der Waals surface area contributed by atoms with Crippen LogP contribution in [0.25, 0.3) is 0 Å². The molecule has 0 fully saturated rings. The molecule has 0 spiro atoms. The van der Waals surface area contributed by atoms with Crippen LogP contribution in [0.2, 0.25) is 0 Å². The summed E-state index contributed by atoms with van der Waals surface area (Å²) < 4.78 is 2.93. The number of halogens is 2. The minimum Gasteiger partial charge on any atom is -0.356 e. The molecular weight excluding hydrogens is 547 g/mol. The van der Waals surface area contributed by atoms with Gasteiger partial charge in [0, 0.05) is 49.0 Å². The first-order valence-electron chi connectivity index (χ1n) is 9.49. The first kappa shape index (κ1) is 25.4. The number of aromatic nitrogens is 2. The van der Waals surface area contributed by atoms with Gasteiger partial charge in [0.15, 0.2) is 5.96 Å². The highest BCUT2D eigenvalue weighted by molar-refractivity contribution is 14.0. The van der Waals surface area contributed by atoms with Gasteiger partial charge in [0.2, 0.25) is 0 Å². The van der Waals surface area contributed by atoms with Crippen molar-refractivity contribution in [3.8, 4) is 0 Å². The third-order valence-corrected chi connectivity index (χ3v) is 4.68. The smallest absolute Gasteiger partial charge is 0.251 e. The molecule has 0 unspecified atom stereocenters. The molecule has 1 aromatic heterocycles. The number of hydrogen-bond acceptors (Lipinski definition) is 3. The minimum atomic E-state index is -0.0621.